The first kappa shape index (κ1) is 19.4. The molecule has 1 atom stereocenters. The van der Waals surface area contributed by atoms with E-state index >= 15 is 0 Å². The average Bonchev–Trinajstić information content (AvgIpc) is 2.98. The lowest BCUT2D eigenvalue weighted by Gasteiger charge is -2.43. The van der Waals surface area contributed by atoms with Crippen molar-refractivity contribution in [3.63, 3.8) is 0 Å². The minimum atomic E-state index is -1.29. The van der Waals surface area contributed by atoms with Crippen LogP contribution in [0.5, 0.6) is 5.75 Å². The lowest BCUT2D eigenvalue weighted by Crippen LogP contribution is -2.56. The minimum Gasteiger partial charge on any atom is -0.497 e. The highest BCUT2D eigenvalue weighted by molar-refractivity contribution is 7.88. The highest BCUT2D eigenvalue weighted by atomic mass is 32.2. The third-order valence-electron chi connectivity index (χ3n) is 5.52. The van der Waals surface area contributed by atoms with Crippen LogP contribution in [0.3, 0.4) is 0 Å². The molecule has 0 aliphatic carbocycles. The second kappa shape index (κ2) is 7.87. The Morgan fingerprint density at radius 1 is 1.07 bits per heavy atom. The number of rotatable bonds is 3. The zero-order valence-corrected chi connectivity index (χ0v) is 17.0. The number of anilines is 2. The van der Waals surface area contributed by atoms with Gasteiger partial charge in [-0.25, -0.2) is 4.79 Å². The Kier molecular flexibility index (Phi) is 5.27. The number of benzene rings is 2. The topological polar surface area (TPSA) is 79.0 Å². The molecule has 0 bridgehead atoms. The monoisotopic (exact) mass is 413 g/mol. The van der Waals surface area contributed by atoms with Crippen LogP contribution in [-0.2, 0) is 15.6 Å². The first-order chi connectivity index (χ1) is 14.0. The second-order valence-electron chi connectivity index (χ2n) is 7.15. The second-order valence-corrected chi connectivity index (χ2v) is 8.89. The zero-order chi connectivity index (χ0) is 20.4. The molecule has 0 saturated carbocycles. The van der Waals surface area contributed by atoms with Gasteiger partial charge in [-0.2, -0.15) is 0 Å². The van der Waals surface area contributed by atoms with Crippen LogP contribution in [0.1, 0.15) is 12.8 Å². The summed E-state index contributed by atoms with van der Waals surface area (Å²) in [6, 6.07) is 16.3. The summed E-state index contributed by atoms with van der Waals surface area (Å²) in [6.07, 6.45) is 0.965. The third-order valence-corrected chi connectivity index (χ3v) is 7.47. The number of carbonyl (C=O) groups excluding carboxylic acids is 2. The molecule has 1 N–H and O–H groups in total. The van der Waals surface area contributed by atoms with Crippen molar-refractivity contribution in [3.8, 4) is 5.75 Å². The minimum absolute atomic E-state index is 0.0347. The van der Waals surface area contributed by atoms with Crippen LogP contribution in [0, 0.1) is 0 Å². The molecule has 1 spiro atoms. The van der Waals surface area contributed by atoms with Gasteiger partial charge in [0.1, 0.15) is 16.4 Å². The number of nitrogens with zero attached hydrogens (tertiary/aromatic N) is 2. The summed E-state index contributed by atoms with van der Waals surface area (Å²) in [5.41, 5.74) is 1.45. The predicted octanol–water partition coefficient (Wildman–Crippen LogP) is 2.81. The van der Waals surface area contributed by atoms with Gasteiger partial charge < -0.3 is 15.0 Å². The number of hydrogen-bond acceptors (Lipinski definition) is 4. The van der Waals surface area contributed by atoms with Gasteiger partial charge in [0.05, 0.1) is 17.9 Å². The summed E-state index contributed by atoms with van der Waals surface area (Å²) in [7, 11) is 0.297. The fourth-order valence-electron chi connectivity index (χ4n) is 3.98. The number of amides is 3. The van der Waals surface area contributed by atoms with Crippen molar-refractivity contribution >= 4 is 34.1 Å². The summed E-state index contributed by atoms with van der Waals surface area (Å²) >= 11 is 0. The highest BCUT2D eigenvalue weighted by Gasteiger charge is 2.53. The van der Waals surface area contributed by atoms with Crippen LogP contribution in [0.15, 0.2) is 54.6 Å². The third kappa shape index (κ3) is 3.60. The molecule has 2 fully saturated rings. The number of likely N-dealkylation sites (tertiary alicyclic amines) is 1. The van der Waals surface area contributed by atoms with E-state index in [9.17, 15) is 13.8 Å². The number of piperidine rings is 1. The van der Waals surface area contributed by atoms with E-state index < -0.39 is 15.7 Å². The number of ether oxygens (including phenoxy) is 1. The van der Waals surface area contributed by atoms with Gasteiger partial charge in [-0.1, -0.05) is 18.2 Å². The van der Waals surface area contributed by atoms with Gasteiger partial charge in [-0.15, -0.1) is 0 Å². The molecule has 2 aromatic carbocycles. The average molecular weight is 413 g/mol. The summed E-state index contributed by atoms with van der Waals surface area (Å²) in [4.78, 5) is 27.9. The van der Waals surface area contributed by atoms with Gasteiger partial charge in [0.2, 0.25) is 5.91 Å². The Balaban J connectivity index is 1.46. The van der Waals surface area contributed by atoms with E-state index in [1.165, 1.54) is 0 Å². The van der Waals surface area contributed by atoms with Crippen LogP contribution in [0.4, 0.5) is 16.2 Å². The molecule has 152 valence electrons. The molecule has 7 nitrogen and oxygen atoms in total. The van der Waals surface area contributed by atoms with Crippen LogP contribution >= 0.6 is 0 Å². The Hall–Kier alpha value is -2.87. The standard InChI is InChI=1S/C21H23N3O4S/c1-28-18-9-7-16(8-10-18)22-20(26)23-13-11-21(12-14-23)24(19(25)15-29(21)27)17-5-3-2-4-6-17/h2-10H,11-15H2,1H3,(H,22,26). The Morgan fingerprint density at radius 2 is 1.72 bits per heavy atom. The van der Waals surface area contributed by atoms with Crippen molar-refractivity contribution in [1.82, 2.24) is 4.90 Å². The summed E-state index contributed by atoms with van der Waals surface area (Å²) in [6.45, 7) is 0.870. The SMILES string of the molecule is COc1ccc(NC(=O)N2CCC3(CC2)N(c2ccccc2)C(=O)CS3=O)cc1. The van der Waals surface area contributed by atoms with Gasteiger partial charge in [-0.3, -0.25) is 13.9 Å². The lowest BCUT2D eigenvalue weighted by molar-refractivity contribution is -0.116. The number of methoxy groups -OCH3 is 1. The van der Waals surface area contributed by atoms with Crippen molar-refractivity contribution in [3.05, 3.63) is 54.6 Å². The molecule has 2 aliphatic rings. The van der Waals surface area contributed by atoms with E-state index in [0.29, 0.717) is 31.6 Å². The van der Waals surface area contributed by atoms with E-state index in [-0.39, 0.29) is 17.7 Å². The van der Waals surface area contributed by atoms with Crippen LogP contribution < -0.4 is 15.0 Å². The fourth-order valence-corrected chi connectivity index (χ4v) is 5.65. The van der Waals surface area contributed by atoms with Gasteiger partial charge >= 0.3 is 6.03 Å². The molecular formula is C21H23N3O4S. The summed E-state index contributed by atoms with van der Waals surface area (Å²) in [5.74, 6) is 0.635. The van der Waals surface area contributed by atoms with Crippen molar-refractivity contribution in [2.75, 3.05) is 36.2 Å². The first-order valence-electron chi connectivity index (χ1n) is 9.50. The predicted molar refractivity (Wildman–Crippen MR) is 112 cm³/mol. The maximum Gasteiger partial charge on any atom is 0.321 e. The molecule has 8 heteroatoms. The molecule has 2 aromatic rings. The fraction of sp³-hybridized carbons (Fsp3) is 0.333. The van der Waals surface area contributed by atoms with Gasteiger partial charge in [-0.05, 0) is 36.4 Å². The Bertz CT molecular complexity index is 925. The highest BCUT2D eigenvalue weighted by Crippen LogP contribution is 2.40. The van der Waals surface area contributed by atoms with Crippen LogP contribution in [0.2, 0.25) is 0 Å². The maximum absolute atomic E-state index is 12.9. The van der Waals surface area contributed by atoms with Crippen molar-refractivity contribution < 1.29 is 18.5 Å². The van der Waals surface area contributed by atoms with Crippen LogP contribution in [-0.4, -0.2) is 51.9 Å². The van der Waals surface area contributed by atoms with Crippen LogP contribution in [0.25, 0.3) is 0 Å². The van der Waals surface area contributed by atoms with E-state index in [1.807, 2.05) is 30.3 Å². The normalized spacial score (nSPS) is 20.7. The van der Waals surface area contributed by atoms with Gasteiger partial charge in [0.15, 0.2) is 0 Å². The maximum atomic E-state index is 12.9. The molecule has 0 radical (unpaired) electrons. The molecule has 1 unspecified atom stereocenters. The Labute approximate surface area is 172 Å². The molecule has 2 saturated heterocycles. The van der Waals surface area contributed by atoms with E-state index in [2.05, 4.69) is 5.32 Å². The van der Waals surface area contributed by atoms with Gasteiger partial charge in [0.25, 0.3) is 0 Å². The lowest BCUT2D eigenvalue weighted by atomic mass is 10.0. The number of para-hydroxylation sites is 1. The smallest absolute Gasteiger partial charge is 0.321 e. The van der Waals surface area contributed by atoms with Gasteiger partial charge in [0, 0.05) is 37.3 Å². The number of hydrogen-bond donors (Lipinski definition) is 1. The first-order valence-corrected chi connectivity index (χ1v) is 10.8. The van der Waals surface area contributed by atoms with Crippen molar-refractivity contribution in [2.24, 2.45) is 0 Å². The molecular weight excluding hydrogens is 390 g/mol. The van der Waals surface area contributed by atoms with Crippen molar-refractivity contribution in [1.29, 1.82) is 0 Å². The molecule has 2 heterocycles. The largest absolute Gasteiger partial charge is 0.497 e. The summed E-state index contributed by atoms with van der Waals surface area (Å²) in [5, 5.41) is 2.88. The molecule has 2 aliphatic heterocycles. The number of urea groups is 1. The number of carbonyl (C=O) groups is 2. The zero-order valence-electron chi connectivity index (χ0n) is 16.2. The van der Waals surface area contributed by atoms with Crippen molar-refractivity contribution in [2.45, 2.75) is 17.7 Å². The number of nitrogens with one attached hydrogen (secondary N) is 1. The van der Waals surface area contributed by atoms with E-state index in [0.717, 1.165) is 11.4 Å². The summed E-state index contributed by atoms with van der Waals surface area (Å²) < 4.78 is 18.0. The molecule has 3 amide bonds. The molecule has 0 aromatic heterocycles. The van der Waals surface area contributed by atoms with E-state index in [4.69, 9.17) is 4.74 Å². The van der Waals surface area contributed by atoms with E-state index in [1.54, 1.807) is 41.2 Å². The molecule has 4 rings (SSSR count). The molecule has 29 heavy (non-hydrogen) atoms. The quantitative estimate of drug-likeness (QED) is 0.839. The Morgan fingerprint density at radius 3 is 2.34 bits per heavy atom.